The van der Waals surface area contributed by atoms with Crippen LogP contribution in [0.4, 0.5) is 21.6 Å². The van der Waals surface area contributed by atoms with Crippen LogP contribution in [0.25, 0.3) is 10.9 Å². The Kier molecular flexibility index (Phi) is 11.6. The Balaban J connectivity index is 0.928. The van der Waals surface area contributed by atoms with Crippen LogP contribution in [0.1, 0.15) is 60.1 Å². The molecule has 14 heteroatoms. The molecule has 7 rings (SSSR count). The molecule has 0 unspecified atom stereocenters. The van der Waals surface area contributed by atoms with Crippen LogP contribution < -0.4 is 26.9 Å². The third-order valence-corrected chi connectivity index (χ3v) is 10.9. The number of hydrogen-bond acceptors (Lipinski definition) is 10. The maximum atomic E-state index is 15.7. The van der Waals surface area contributed by atoms with E-state index in [1.165, 1.54) is 27.8 Å². The molecule has 0 spiro atoms. The molecule has 0 bridgehead atoms. The summed E-state index contributed by atoms with van der Waals surface area (Å²) in [5.41, 5.74) is 2.91. The Hall–Kier alpha value is -4.79. The Labute approximate surface area is 313 Å². The number of benzene rings is 2. The first-order valence-corrected chi connectivity index (χ1v) is 19.2. The number of nitrogens with zero attached hydrogens (tertiary/aromatic N) is 5. The molecule has 0 atom stereocenters. The predicted octanol–water partition coefficient (Wildman–Crippen LogP) is 4.03. The zero-order valence-electron chi connectivity index (χ0n) is 31.2. The fourth-order valence-electron chi connectivity index (χ4n) is 7.47. The van der Waals surface area contributed by atoms with Crippen molar-refractivity contribution in [1.29, 1.82) is 0 Å². The monoisotopic (exact) mass is 743 g/mol. The minimum atomic E-state index is -0.682. The summed E-state index contributed by atoms with van der Waals surface area (Å²) in [6.45, 7) is 11.5. The van der Waals surface area contributed by atoms with Crippen LogP contribution >= 0.6 is 0 Å². The largest absolute Gasteiger partial charge is 0.461 e. The summed E-state index contributed by atoms with van der Waals surface area (Å²) in [6, 6.07) is 10.6. The normalized spacial score (nSPS) is 16.9. The van der Waals surface area contributed by atoms with Crippen LogP contribution in [-0.4, -0.2) is 102 Å². The maximum absolute atomic E-state index is 15.7. The Bertz CT molecular complexity index is 2130. The first-order chi connectivity index (χ1) is 26.2. The number of aromatic amines is 1. The third-order valence-electron chi connectivity index (χ3n) is 10.9. The lowest BCUT2D eigenvalue weighted by Crippen LogP contribution is -2.47. The number of aryl methyl sites for hydroxylation is 2. The molecule has 2 saturated heterocycles. The number of morpholine rings is 1. The van der Waals surface area contributed by atoms with E-state index in [9.17, 15) is 19.2 Å². The number of esters is 1. The molecule has 4 aromatic rings. The standard InChI is InChI=1S/C40H50FN7O6/c1-3-28-22-29(7-6-27(28)2)42-36-25-37(49)47(40(52)43-36)11-5-4-10-44-12-14-46(15-13-44)35-24-34-31(23-33(35)41)38(50)32(26-48(34)30-8-9-30)39(51)54-21-18-45-16-19-53-20-17-45/h6-7,22-26,30,42H,3-5,8-21H2,1-2H3,(H,43,52). The van der Waals surface area contributed by atoms with Crippen LogP contribution in [0, 0.1) is 12.7 Å². The fourth-order valence-corrected chi connectivity index (χ4v) is 7.47. The summed E-state index contributed by atoms with van der Waals surface area (Å²) in [7, 11) is 0. The highest BCUT2D eigenvalue weighted by Gasteiger charge is 2.29. The molecule has 3 fully saturated rings. The smallest absolute Gasteiger partial charge is 0.343 e. The number of fused-ring (bicyclic) bond motifs is 1. The zero-order valence-corrected chi connectivity index (χ0v) is 31.2. The molecule has 2 aromatic carbocycles. The van der Waals surface area contributed by atoms with E-state index in [1.807, 2.05) is 27.7 Å². The van der Waals surface area contributed by atoms with Gasteiger partial charge in [0.1, 0.15) is 23.8 Å². The number of nitrogens with one attached hydrogen (secondary N) is 2. The molecule has 0 amide bonds. The van der Waals surface area contributed by atoms with Crippen molar-refractivity contribution in [2.24, 2.45) is 0 Å². The number of H-pyrrole nitrogens is 1. The molecule has 1 saturated carbocycles. The van der Waals surface area contributed by atoms with Gasteiger partial charge < -0.3 is 24.3 Å². The molecule has 4 heterocycles. The second-order valence-electron chi connectivity index (χ2n) is 14.6. The van der Waals surface area contributed by atoms with Crippen molar-refractivity contribution in [2.45, 2.75) is 58.5 Å². The Morgan fingerprint density at radius 3 is 2.41 bits per heavy atom. The number of halogens is 1. The predicted molar refractivity (Wildman–Crippen MR) is 207 cm³/mol. The van der Waals surface area contributed by atoms with Crippen molar-refractivity contribution >= 4 is 34.1 Å². The van der Waals surface area contributed by atoms with Gasteiger partial charge in [0, 0.05) is 81.7 Å². The van der Waals surface area contributed by atoms with Gasteiger partial charge in [0.2, 0.25) is 5.43 Å². The van der Waals surface area contributed by atoms with Crippen LogP contribution in [0.2, 0.25) is 0 Å². The summed E-state index contributed by atoms with van der Waals surface area (Å²) < 4.78 is 29.8. The maximum Gasteiger partial charge on any atom is 0.343 e. The molecule has 0 radical (unpaired) electrons. The average Bonchev–Trinajstić information content (AvgIpc) is 4.02. The van der Waals surface area contributed by atoms with E-state index in [-0.39, 0.29) is 29.2 Å². The van der Waals surface area contributed by atoms with E-state index >= 15 is 4.39 Å². The summed E-state index contributed by atoms with van der Waals surface area (Å²) >= 11 is 0. The number of hydrogen-bond donors (Lipinski definition) is 2. The van der Waals surface area contributed by atoms with E-state index in [0.717, 1.165) is 64.1 Å². The van der Waals surface area contributed by atoms with Crippen LogP contribution in [0.5, 0.6) is 0 Å². The quantitative estimate of drug-likeness (QED) is 0.144. The Morgan fingerprint density at radius 1 is 0.944 bits per heavy atom. The van der Waals surface area contributed by atoms with Gasteiger partial charge in [-0.15, -0.1) is 0 Å². The first kappa shape index (κ1) is 37.5. The van der Waals surface area contributed by atoms with Crippen LogP contribution in [0.3, 0.4) is 0 Å². The topological polar surface area (TPSA) is 134 Å². The fraction of sp³-hybridized carbons (Fsp3) is 0.500. The molecule has 288 valence electrons. The molecule has 54 heavy (non-hydrogen) atoms. The number of carbonyl (C=O) groups excluding carboxylic acids is 1. The second kappa shape index (κ2) is 16.7. The number of aromatic nitrogens is 3. The lowest BCUT2D eigenvalue weighted by Gasteiger charge is -2.36. The number of anilines is 3. The van der Waals surface area contributed by atoms with Gasteiger partial charge in [0.25, 0.3) is 5.56 Å². The first-order valence-electron chi connectivity index (χ1n) is 19.2. The van der Waals surface area contributed by atoms with Gasteiger partial charge in [-0.05, 0) is 81.0 Å². The van der Waals surface area contributed by atoms with Crippen molar-refractivity contribution < 1.29 is 18.7 Å². The molecule has 3 aliphatic rings. The highest BCUT2D eigenvalue weighted by atomic mass is 19.1. The number of carbonyl (C=O) groups is 1. The number of ether oxygens (including phenoxy) is 2. The SMILES string of the molecule is CCc1cc(Nc2cc(=O)n(CCCCN3CCN(c4cc5c(cc4F)c(=O)c(C(=O)OCCN4CCOCC4)cn5C4CC4)CC3)c(=O)[nH]2)ccc1C. The van der Waals surface area contributed by atoms with Crippen molar-refractivity contribution in [2.75, 3.05) is 82.4 Å². The van der Waals surface area contributed by atoms with Gasteiger partial charge in [-0.1, -0.05) is 13.0 Å². The van der Waals surface area contributed by atoms with Crippen molar-refractivity contribution in [3.8, 4) is 0 Å². The van der Waals surface area contributed by atoms with Crippen LogP contribution in [-0.2, 0) is 22.4 Å². The molecule has 13 nitrogen and oxygen atoms in total. The van der Waals surface area contributed by atoms with Crippen molar-refractivity contribution in [3.05, 3.63) is 96.2 Å². The van der Waals surface area contributed by atoms with E-state index in [0.29, 0.717) is 62.8 Å². The molecule has 2 aromatic heterocycles. The number of rotatable bonds is 14. The van der Waals surface area contributed by atoms with Gasteiger partial charge in [-0.25, -0.2) is 14.0 Å². The zero-order chi connectivity index (χ0) is 37.8. The molecule has 2 aliphatic heterocycles. The third kappa shape index (κ3) is 8.61. The Morgan fingerprint density at radius 2 is 1.69 bits per heavy atom. The molecular weight excluding hydrogens is 693 g/mol. The summed E-state index contributed by atoms with van der Waals surface area (Å²) in [5, 5.41) is 3.33. The molecule has 1 aliphatic carbocycles. The highest BCUT2D eigenvalue weighted by molar-refractivity contribution is 5.94. The van der Waals surface area contributed by atoms with E-state index in [4.69, 9.17) is 9.47 Å². The lowest BCUT2D eigenvalue weighted by molar-refractivity contribution is 0.0195. The minimum absolute atomic E-state index is 0.0655. The van der Waals surface area contributed by atoms with Gasteiger partial charge >= 0.3 is 11.7 Å². The van der Waals surface area contributed by atoms with Gasteiger partial charge in [0.05, 0.1) is 24.4 Å². The highest BCUT2D eigenvalue weighted by Crippen LogP contribution is 2.38. The molecule has 2 N–H and O–H groups in total. The minimum Gasteiger partial charge on any atom is -0.461 e. The summed E-state index contributed by atoms with van der Waals surface area (Å²) in [6.07, 6.45) is 5.80. The number of unbranched alkanes of at least 4 members (excludes halogenated alkanes) is 1. The van der Waals surface area contributed by atoms with E-state index in [2.05, 4.69) is 33.9 Å². The summed E-state index contributed by atoms with van der Waals surface area (Å²) in [5.74, 6) is -0.808. The summed E-state index contributed by atoms with van der Waals surface area (Å²) in [4.78, 5) is 61.4. The van der Waals surface area contributed by atoms with Crippen molar-refractivity contribution in [1.82, 2.24) is 23.9 Å². The van der Waals surface area contributed by atoms with E-state index < -0.39 is 22.9 Å². The second-order valence-corrected chi connectivity index (χ2v) is 14.6. The number of piperazine rings is 1. The lowest BCUT2D eigenvalue weighted by atomic mass is 10.1. The van der Waals surface area contributed by atoms with Gasteiger partial charge in [-0.3, -0.25) is 28.9 Å². The number of pyridine rings is 1. The van der Waals surface area contributed by atoms with Crippen LogP contribution in [0.15, 0.2) is 57.0 Å². The van der Waals surface area contributed by atoms with Gasteiger partial charge in [-0.2, -0.15) is 0 Å². The van der Waals surface area contributed by atoms with Gasteiger partial charge in [0.15, 0.2) is 0 Å². The molecular formula is C40H50FN7O6. The van der Waals surface area contributed by atoms with Crippen molar-refractivity contribution in [3.63, 3.8) is 0 Å². The van der Waals surface area contributed by atoms with E-state index in [1.54, 1.807) is 12.3 Å². The average molecular weight is 744 g/mol.